The van der Waals surface area contributed by atoms with E-state index >= 15 is 0 Å². The Kier molecular flexibility index (Phi) is 4.65. The molecule has 0 N–H and O–H groups in total. The Morgan fingerprint density at radius 2 is 1.69 bits per heavy atom. The zero-order valence-electron chi connectivity index (χ0n) is 10.4. The molecule has 0 aliphatic heterocycles. The maximum atomic E-state index is 4.19. The van der Waals surface area contributed by atoms with Crippen molar-refractivity contribution in [1.82, 2.24) is 9.97 Å². The molecule has 0 aliphatic carbocycles. The zero-order chi connectivity index (χ0) is 12.0. The van der Waals surface area contributed by atoms with E-state index in [1.54, 1.807) is 0 Å². The Morgan fingerprint density at radius 3 is 2.19 bits per heavy atom. The minimum Gasteiger partial charge on any atom is -0.241 e. The highest BCUT2D eigenvalue weighted by atomic mass is 14.8. The second kappa shape index (κ2) is 6.01. The molecule has 0 atom stereocenters. The SMILES string of the molecule is C\C=C(C)/C=C\C(=C/C)c1cnc(C)nc1. The van der Waals surface area contributed by atoms with Gasteiger partial charge in [-0.2, -0.15) is 0 Å². The van der Waals surface area contributed by atoms with Gasteiger partial charge in [-0.3, -0.25) is 0 Å². The number of hydrogen-bond acceptors (Lipinski definition) is 2. The van der Waals surface area contributed by atoms with Crippen molar-refractivity contribution in [3.05, 3.63) is 53.7 Å². The van der Waals surface area contributed by atoms with Gasteiger partial charge in [0, 0.05) is 18.0 Å². The normalized spacial score (nSPS) is 13.5. The van der Waals surface area contributed by atoms with Gasteiger partial charge in [-0.15, -0.1) is 0 Å². The van der Waals surface area contributed by atoms with Gasteiger partial charge in [-0.25, -0.2) is 9.97 Å². The van der Waals surface area contributed by atoms with Gasteiger partial charge in [0.05, 0.1) is 0 Å². The van der Waals surface area contributed by atoms with Crippen molar-refractivity contribution in [3.8, 4) is 0 Å². The van der Waals surface area contributed by atoms with Crippen molar-refractivity contribution in [2.24, 2.45) is 0 Å². The lowest BCUT2D eigenvalue weighted by atomic mass is 10.1. The molecule has 0 amide bonds. The second-order valence-electron chi connectivity index (χ2n) is 3.63. The molecule has 84 valence electrons. The average molecular weight is 214 g/mol. The molecule has 0 fully saturated rings. The first-order valence-corrected chi connectivity index (χ1v) is 5.43. The van der Waals surface area contributed by atoms with E-state index in [1.807, 2.05) is 33.2 Å². The van der Waals surface area contributed by atoms with Gasteiger partial charge in [0.25, 0.3) is 0 Å². The quantitative estimate of drug-likeness (QED) is 0.717. The highest BCUT2D eigenvalue weighted by Gasteiger charge is 1.97. The molecule has 1 aromatic rings. The van der Waals surface area contributed by atoms with Crippen molar-refractivity contribution in [3.63, 3.8) is 0 Å². The maximum absolute atomic E-state index is 4.19. The van der Waals surface area contributed by atoms with Gasteiger partial charge in [0.2, 0.25) is 0 Å². The van der Waals surface area contributed by atoms with Gasteiger partial charge in [-0.05, 0) is 33.3 Å². The molecule has 0 spiro atoms. The molecule has 0 aliphatic rings. The summed E-state index contributed by atoms with van der Waals surface area (Å²) in [4.78, 5) is 8.39. The van der Waals surface area contributed by atoms with Crippen molar-refractivity contribution < 1.29 is 0 Å². The van der Waals surface area contributed by atoms with Crippen LogP contribution in [0.5, 0.6) is 0 Å². The van der Waals surface area contributed by atoms with E-state index in [0.717, 1.165) is 17.0 Å². The van der Waals surface area contributed by atoms with E-state index in [0.29, 0.717) is 0 Å². The smallest absolute Gasteiger partial charge is 0.125 e. The third-order valence-electron chi connectivity index (χ3n) is 2.41. The summed E-state index contributed by atoms with van der Waals surface area (Å²) in [5.41, 5.74) is 3.43. The second-order valence-corrected chi connectivity index (χ2v) is 3.63. The predicted octanol–water partition coefficient (Wildman–Crippen LogP) is 3.71. The summed E-state index contributed by atoms with van der Waals surface area (Å²) in [6, 6.07) is 0. The summed E-state index contributed by atoms with van der Waals surface area (Å²) in [6.07, 6.45) is 12.0. The number of rotatable bonds is 3. The van der Waals surface area contributed by atoms with Gasteiger partial charge in [0.1, 0.15) is 5.82 Å². The molecule has 0 aromatic carbocycles. The van der Waals surface area contributed by atoms with E-state index in [-0.39, 0.29) is 0 Å². The summed E-state index contributed by atoms with van der Waals surface area (Å²) < 4.78 is 0. The number of nitrogens with zero attached hydrogens (tertiary/aromatic N) is 2. The third kappa shape index (κ3) is 3.46. The standard InChI is InChI=1S/C14H18N2/c1-5-11(3)7-8-13(6-2)14-9-15-12(4)16-10-14/h5-10H,1-4H3/b8-7-,11-5-,13-6+. The monoisotopic (exact) mass is 214 g/mol. The maximum Gasteiger partial charge on any atom is 0.125 e. The van der Waals surface area contributed by atoms with Crippen molar-refractivity contribution >= 4 is 5.57 Å². The van der Waals surface area contributed by atoms with Crippen LogP contribution in [0.3, 0.4) is 0 Å². The first-order chi connectivity index (χ1) is 7.67. The number of allylic oxidation sites excluding steroid dienone is 6. The fourth-order valence-electron chi connectivity index (χ4n) is 1.22. The molecule has 2 nitrogen and oxygen atoms in total. The first kappa shape index (κ1) is 12.4. The summed E-state index contributed by atoms with van der Waals surface area (Å²) in [7, 11) is 0. The molecule has 2 heteroatoms. The molecule has 16 heavy (non-hydrogen) atoms. The molecule has 1 aromatic heterocycles. The Hall–Kier alpha value is -1.70. The summed E-state index contributed by atoms with van der Waals surface area (Å²) in [5.74, 6) is 0.799. The minimum absolute atomic E-state index is 0.799. The highest BCUT2D eigenvalue weighted by Crippen LogP contribution is 2.14. The van der Waals surface area contributed by atoms with Crippen molar-refractivity contribution in [1.29, 1.82) is 0 Å². The third-order valence-corrected chi connectivity index (χ3v) is 2.41. The van der Waals surface area contributed by atoms with E-state index in [1.165, 1.54) is 5.57 Å². The fraction of sp³-hybridized carbons (Fsp3) is 0.286. The molecule has 1 heterocycles. The van der Waals surface area contributed by atoms with Crippen LogP contribution < -0.4 is 0 Å². The number of hydrogen-bond donors (Lipinski definition) is 0. The lowest BCUT2D eigenvalue weighted by molar-refractivity contribution is 1.05. The average Bonchev–Trinajstić information content (AvgIpc) is 2.31. The van der Waals surface area contributed by atoms with Gasteiger partial charge in [0.15, 0.2) is 0 Å². The minimum atomic E-state index is 0.799. The summed E-state index contributed by atoms with van der Waals surface area (Å²) >= 11 is 0. The topological polar surface area (TPSA) is 25.8 Å². The van der Waals surface area contributed by atoms with E-state index in [4.69, 9.17) is 0 Å². The highest BCUT2D eigenvalue weighted by molar-refractivity contribution is 5.73. The van der Waals surface area contributed by atoms with Gasteiger partial charge >= 0.3 is 0 Å². The van der Waals surface area contributed by atoms with Crippen molar-refractivity contribution in [2.75, 3.05) is 0 Å². The van der Waals surface area contributed by atoms with Crippen molar-refractivity contribution in [2.45, 2.75) is 27.7 Å². The van der Waals surface area contributed by atoms with Gasteiger partial charge < -0.3 is 0 Å². The Balaban J connectivity index is 2.92. The molecule has 1 rings (SSSR count). The largest absolute Gasteiger partial charge is 0.241 e. The van der Waals surface area contributed by atoms with Crippen LogP contribution in [0.2, 0.25) is 0 Å². The van der Waals surface area contributed by atoms with E-state index < -0.39 is 0 Å². The number of aromatic nitrogens is 2. The van der Waals surface area contributed by atoms with Gasteiger partial charge in [-0.1, -0.05) is 29.9 Å². The van der Waals surface area contributed by atoms with Crippen LogP contribution in [-0.2, 0) is 0 Å². The zero-order valence-corrected chi connectivity index (χ0v) is 10.4. The molecule has 0 unspecified atom stereocenters. The fourth-order valence-corrected chi connectivity index (χ4v) is 1.22. The molecule has 0 bridgehead atoms. The van der Waals surface area contributed by atoms with E-state index in [9.17, 15) is 0 Å². The Labute approximate surface area is 97.5 Å². The van der Waals surface area contributed by atoms with E-state index in [2.05, 4.69) is 41.2 Å². The molecule has 0 saturated heterocycles. The van der Waals surface area contributed by atoms with Crippen LogP contribution in [0.25, 0.3) is 5.57 Å². The molecular formula is C14H18N2. The molecular weight excluding hydrogens is 196 g/mol. The van der Waals surface area contributed by atoms with Crippen LogP contribution in [0.1, 0.15) is 32.2 Å². The summed E-state index contributed by atoms with van der Waals surface area (Å²) in [6.45, 7) is 8.02. The summed E-state index contributed by atoms with van der Waals surface area (Å²) in [5, 5.41) is 0. The molecule has 0 radical (unpaired) electrons. The number of aryl methyl sites for hydroxylation is 1. The predicted molar refractivity (Wildman–Crippen MR) is 69.0 cm³/mol. The lowest BCUT2D eigenvalue weighted by Gasteiger charge is -2.01. The Bertz CT molecular complexity index is 423. The Morgan fingerprint density at radius 1 is 1.06 bits per heavy atom. The molecule has 0 saturated carbocycles. The van der Waals surface area contributed by atoms with Crippen LogP contribution in [0.4, 0.5) is 0 Å². The van der Waals surface area contributed by atoms with Crippen LogP contribution >= 0.6 is 0 Å². The van der Waals surface area contributed by atoms with Crippen LogP contribution in [-0.4, -0.2) is 9.97 Å². The first-order valence-electron chi connectivity index (χ1n) is 5.43. The van der Waals surface area contributed by atoms with Crippen LogP contribution in [0.15, 0.2) is 42.3 Å². The lowest BCUT2D eigenvalue weighted by Crippen LogP contribution is -1.89. The van der Waals surface area contributed by atoms with Crippen LogP contribution in [0, 0.1) is 6.92 Å².